The van der Waals surface area contributed by atoms with Gasteiger partial charge in [-0.1, -0.05) is 38.5 Å². The van der Waals surface area contributed by atoms with Gasteiger partial charge in [-0.05, 0) is 43.9 Å². The number of furan rings is 1. The third-order valence-corrected chi connectivity index (χ3v) is 6.28. The number of hydrogen-bond acceptors (Lipinski definition) is 5. The van der Waals surface area contributed by atoms with Crippen molar-refractivity contribution in [3.63, 3.8) is 0 Å². The molecule has 0 bridgehead atoms. The van der Waals surface area contributed by atoms with Crippen molar-refractivity contribution in [1.29, 1.82) is 0 Å². The van der Waals surface area contributed by atoms with Gasteiger partial charge < -0.3 is 15.1 Å². The van der Waals surface area contributed by atoms with Crippen LogP contribution in [0.4, 0.5) is 5.69 Å². The van der Waals surface area contributed by atoms with Crippen LogP contribution in [0, 0.1) is 0 Å². The van der Waals surface area contributed by atoms with Crippen molar-refractivity contribution in [1.82, 2.24) is 14.7 Å². The van der Waals surface area contributed by atoms with Crippen LogP contribution in [-0.4, -0.2) is 32.7 Å². The van der Waals surface area contributed by atoms with E-state index in [-0.39, 0.29) is 30.2 Å². The van der Waals surface area contributed by atoms with Gasteiger partial charge in [-0.2, -0.15) is 5.10 Å². The summed E-state index contributed by atoms with van der Waals surface area (Å²) in [5, 5.41) is 4.37. The Bertz CT molecular complexity index is 860. The first-order chi connectivity index (χ1) is 14.1. The Hall–Kier alpha value is -2.57. The second-order valence-corrected chi connectivity index (χ2v) is 8.31. The third kappa shape index (κ3) is 4.38. The summed E-state index contributed by atoms with van der Waals surface area (Å²) in [6.07, 6.45) is 12.9. The zero-order valence-corrected chi connectivity index (χ0v) is 16.9. The number of aromatic nitrogens is 2. The first kappa shape index (κ1) is 19.7. The molecule has 1 amide bonds. The molecule has 29 heavy (non-hydrogen) atoms. The van der Waals surface area contributed by atoms with Crippen molar-refractivity contribution >= 4 is 11.6 Å². The van der Waals surface area contributed by atoms with Crippen LogP contribution in [0.2, 0.25) is 0 Å². The lowest BCUT2D eigenvalue weighted by atomic mass is 9.88. The standard InChI is InChI=1S/C22H30N4O3/c23-18-14-19(20-12-7-13-29-20)24-25(22(18)28)15-21(27)26(16-8-3-1-4-9-16)17-10-5-2-6-11-17/h7,12-14,16-17H,1-6,8-11,15,23H2. The smallest absolute Gasteiger partial charge is 0.290 e. The fourth-order valence-corrected chi connectivity index (χ4v) is 4.85. The highest BCUT2D eigenvalue weighted by molar-refractivity contribution is 5.77. The van der Waals surface area contributed by atoms with E-state index in [2.05, 4.69) is 10.00 Å². The van der Waals surface area contributed by atoms with Crippen molar-refractivity contribution < 1.29 is 9.21 Å². The number of nitrogens with zero attached hydrogens (tertiary/aromatic N) is 3. The molecule has 2 aromatic heterocycles. The first-order valence-corrected chi connectivity index (χ1v) is 10.9. The topological polar surface area (TPSA) is 94.4 Å². The van der Waals surface area contributed by atoms with E-state index in [0.717, 1.165) is 25.7 Å². The van der Waals surface area contributed by atoms with Crippen LogP contribution in [0.5, 0.6) is 0 Å². The van der Waals surface area contributed by atoms with Crippen molar-refractivity contribution in [2.75, 3.05) is 5.73 Å². The van der Waals surface area contributed by atoms with E-state index in [1.54, 1.807) is 18.4 Å². The van der Waals surface area contributed by atoms with Gasteiger partial charge in [-0.15, -0.1) is 0 Å². The second-order valence-electron chi connectivity index (χ2n) is 8.31. The molecule has 7 nitrogen and oxygen atoms in total. The summed E-state index contributed by atoms with van der Waals surface area (Å²) < 4.78 is 6.59. The van der Waals surface area contributed by atoms with Gasteiger partial charge in [0.25, 0.3) is 5.56 Å². The van der Waals surface area contributed by atoms with E-state index in [1.807, 2.05) is 0 Å². The minimum atomic E-state index is -0.430. The summed E-state index contributed by atoms with van der Waals surface area (Å²) in [5.74, 6) is 0.503. The van der Waals surface area contributed by atoms with E-state index in [4.69, 9.17) is 10.2 Å². The first-order valence-electron chi connectivity index (χ1n) is 10.9. The van der Waals surface area contributed by atoms with Crippen molar-refractivity contribution in [3.8, 4) is 11.5 Å². The van der Waals surface area contributed by atoms with Gasteiger partial charge in [-0.25, -0.2) is 4.68 Å². The molecule has 0 saturated heterocycles. The third-order valence-electron chi connectivity index (χ3n) is 6.28. The van der Waals surface area contributed by atoms with Crippen molar-refractivity contribution in [2.24, 2.45) is 0 Å². The Kier molecular flexibility index (Phi) is 6.02. The van der Waals surface area contributed by atoms with Gasteiger partial charge in [0.1, 0.15) is 17.9 Å². The van der Waals surface area contributed by atoms with Gasteiger partial charge in [0.05, 0.1) is 6.26 Å². The van der Waals surface area contributed by atoms with E-state index < -0.39 is 5.56 Å². The molecule has 0 atom stereocenters. The largest absolute Gasteiger partial charge is 0.463 e. The van der Waals surface area contributed by atoms with Crippen LogP contribution in [0.15, 0.2) is 33.7 Å². The maximum Gasteiger partial charge on any atom is 0.290 e. The Morgan fingerprint density at radius 2 is 1.72 bits per heavy atom. The van der Waals surface area contributed by atoms with E-state index >= 15 is 0 Å². The highest BCUT2D eigenvalue weighted by Gasteiger charge is 2.32. The molecule has 4 rings (SSSR count). The Labute approximate surface area is 170 Å². The highest BCUT2D eigenvalue weighted by Crippen LogP contribution is 2.30. The molecule has 7 heteroatoms. The number of carbonyl (C=O) groups excluding carboxylic acids is 1. The van der Waals surface area contributed by atoms with E-state index in [9.17, 15) is 9.59 Å². The van der Waals surface area contributed by atoms with Gasteiger partial charge >= 0.3 is 0 Å². The number of hydrogen-bond donors (Lipinski definition) is 1. The number of amides is 1. The van der Waals surface area contributed by atoms with Gasteiger partial charge in [-0.3, -0.25) is 9.59 Å². The number of nitrogens with two attached hydrogens (primary N) is 1. The Balaban J connectivity index is 1.60. The number of nitrogen functional groups attached to an aromatic ring is 1. The number of anilines is 1. The average molecular weight is 399 g/mol. The predicted octanol–water partition coefficient (Wildman–Crippen LogP) is 3.58. The lowest BCUT2D eigenvalue weighted by molar-refractivity contribution is -0.139. The molecule has 2 saturated carbocycles. The summed E-state index contributed by atoms with van der Waals surface area (Å²) in [7, 11) is 0. The molecule has 0 aliphatic heterocycles. The summed E-state index contributed by atoms with van der Waals surface area (Å²) in [4.78, 5) is 28.1. The van der Waals surface area contributed by atoms with Gasteiger partial charge in [0.2, 0.25) is 5.91 Å². The lowest BCUT2D eigenvalue weighted by Crippen LogP contribution is -2.50. The van der Waals surface area contributed by atoms with Crippen LogP contribution in [0.25, 0.3) is 11.5 Å². The molecule has 156 valence electrons. The monoisotopic (exact) mass is 398 g/mol. The molecule has 2 fully saturated rings. The zero-order valence-electron chi connectivity index (χ0n) is 16.9. The minimum Gasteiger partial charge on any atom is -0.463 e. The minimum absolute atomic E-state index is 0.0191. The summed E-state index contributed by atoms with van der Waals surface area (Å²) >= 11 is 0. The SMILES string of the molecule is Nc1cc(-c2ccco2)nn(CC(=O)N(C2CCCCC2)C2CCCCC2)c1=O. The average Bonchev–Trinajstić information content (AvgIpc) is 3.28. The van der Waals surface area contributed by atoms with Crippen LogP contribution >= 0.6 is 0 Å². The molecule has 2 heterocycles. The molecule has 0 radical (unpaired) electrons. The molecule has 0 spiro atoms. The quantitative estimate of drug-likeness (QED) is 0.831. The van der Waals surface area contributed by atoms with E-state index in [0.29, 0.717) is 11.5 Å². The molecule has 0 aromatic carbocycles. The number of carbonyl (C=O) groups is 1. The number of rotatable bonds is 5. The van der Waals surface area contributed by atoms with E-state index in [1.165, 1.54) is 49.3 Å². The lowest BCUT2D eigenvalue weighted by Gasteiger charge is -2.41. The molecule has 2 aromatic rings. The Morgan fingerprint density at radius 1 is 1.10 bits per heavy atom. The normalized spacial score (nSPS) is 18.6. The molecule has 0 unspecified atom stereocenters. The van der Waals surface area contributed by atoms with Crippen LogP contribution < -0.4 is 11.3 Å². The van der Waals surface area contributed by atoms with Crippen molar-refractivity contribution in [3.05, 3.63) is 34.8 Å². The van der Waals surface area contributed by atoms with Gasteiger partial charge in [0, 0.05) is 12.1 Å². The van der Waals surface area contributed by atoms with Gasteiger partial charge in [0.15, 0.2) is 5.76 Å². The molecule has 2 N–H and O–H groups in total. The maximum atomic E-state index is 13.4. The maximum absolute atomic E-state index is 13.4. The molecule has 2 aliphatic rings. The fourth-order valence-electron chi connectivity index (χ4n) is 4.85. The molecule has 2 aliphatic carbocycles. The molecular formula is C22H30N4O3. The molecular weight excluding hydrogens is 368 g/mol. The van der Waals surface area contributed by atoms with Crippen molar-refractivity contribution in [2.45, 2.75) is 82.8 Å². The summed E-state index contributed by atoms with van der Waals surface area (Å²) in [6.45, 7) is -0.0788. The fraction of sp³-hybridized carbons (Fsp3) is 0.591. The summed E-state index contributed by atoms with van der Waals surface area (Å²) in [5.41, 5.74) is 6.03. The zero-order chi connectivity index (χ0) is 20.2. The predicted molar refractivity (Wildman–Crippen MR) is 111 cm³/mol. The highest BCUT2D eigenvalue weighted by atomic mass is 16.3. The second kappa shape index (κ2) is 8.84. The van der Waals surface area contributed by atoms with Crippen LogP contribution in [-0.2, 0) is 11.3 Å². The van der Waals surface area contributed by atoms with Crippen LogP contribution in [0.3, 0.4) is 0 Å². The van der Waals surface area contributed by atoms with Crippen LogP contribution in [0.1, 0.15) is 64.2 Å². The summed E-state index contributed by atoms with van der Waals surface area (Å²) in [6, 6.07) is 5.57. The Morgan fingerprint density at radius 3 is 2.28 bits per heavy atom.